The molecule has 0 heterocycles. The van der Waals surface area contributed by atoms with Gasteiger partial charge in [-0.3, -0.25) is 0 Å². The number of hydrogen-bond acceptors (Lipinski definition) is 2. The first-order valence-corrected chi connectivity index (χ1v) is 8.38. The first-order valence-electron chi connectivity index (χ1n) is 8.38. The van der Waals surface area contributed by atoms with E-state index in [9.17, 15) is 0 Å². The third kappa shape index (κ3) is 3.01. The molecule has 1 aromatic rings. The Hall–Kier alpha value is -1.02. The SMILES string of the molecule is c1cc(C2CCCC2CNC2CC2)ccc1OC1CC1. The molecular weight excluding hydrogens is 246 g/mol. The van der Waals surface area contributed by atoms with Gasteiger partial charge in [0.05, 0.1) is 6.10 Å². The lowest BCUT2D eigenvalue weighted by Crippen LogP contribution is -2.26. The van der Waals surface area contributed by atoms with Crippen LogP contribution in [0.15, 0.2) is 24.3 Å². The van der Waals surface area contributed by atoms with Crippen LogP contribution in [0.4, 0.5) is 0 Å². The van der Waals surface area contributed by atoms with Crippen molar-refractivity contribution in [2.45, 2.75) is 63.0 Å². The van der Waals surface area contributed by atoms with Gasteiger partial charge in [0.2, 0.25) is 0 Å². The number of benzene rings is 1. The van der Waals surface area contributed by atoms with Crippen molar-refractivity contribution in [3.8, 4) is 5.75 Å². The fraction of sp³-hybridized carbons (Fsp3) is 0.667. The lowest BCUT2D eigenvalue weighted by molar-refractivity contribution is 0.303. The van der Waals surface area contributed by atoms with E-state index in [4.69, 9.17) is 4.74 Å². The topological polar surface area (TPSA) is 21.3 Å². The average molecular weight is 271 g/mol. The molecule has 3 aliphatic carbocycles. The summed E-state index contributed by atoms with van der Waals surface area (Å²) in [6, 6.07) is 9.80. The first-order chi connectivity index (χ1) is 9.88. The van der Waals surface area contributed by atoms with Crippen LogP contribution >= 0.6 is 0 Å². The van der Waals surface area contributed by atoms with Crippen LogP contribution in [0.2, 0.25) is 0 Å². The minimum atomic E-state index is 0.503. The molecule has 3 saturated carbocycles. The predicted octanol–water partition coefficient (Wildman–Crippen LogP) is 3.86. The van der Waals surface area contributed by atoms with Crippen LogP contribution in [-0.2, 0) is 0 Å². The van der Waals surface area contributed by atoms with Crippen LogP contribution in [0.25, 0.3) is 0 Å². The van der Waals surface area contributed by atoms with E-state index in [1.807, 2.05) is 0 Å². The lowest BCUT2D eigenvalue weighted by atomic mass is 9.89. The second-order valence-corrected chi connectivity index (χ2v) is 6.87. The summed E-state index contributed by atoms with van der Waals surface area (Å²) in [4.78, 5) is 0. The second kappa shape index (κ2) is 5.40. The van der Waals surface area contributed by atoms with Gasteiger partial charge in [0.15, 0.2) is 0 Å². The van der Waals surface area contributed by atoms with Gasteiger partial charge < -0.3 is 10.1 Å². The van der Waals surface area contributed by atoms with Crippen molar-refractivity contribution >= 4 is 0 Å². The number of nitrogens with one attached hydrogen (secondary N) is 1. The zero-order chi connectivity index (χ0) is 13.4. The molecule has 0 bridgehead atoms. The molecule has 2 heteroatoms. The molecule has 0 radical (unpaired) electrons. The largest absolute Gasteiger partial charge is 0.490 e. The van der Waals surface area contributed by atoms with Gasteiger partial charge in [-0.15, -0.1) is 0 Å². The minimum absolute atomic E-state index is 0.503. The molecule has 4 rings (SSSR count). The van der Waals surface area contributed by atoms with E-state index in [1.54, 1.807) is 0 Å². The highest BCUT2D eigenvalue weighted by molar-refractivity contribution is 5.31. The Morgan fingerprint density at radius 3 is 2.45 bits per heavy atom. The van der Waals surface area contributed by atoms with Gasteiger partial charge >= 0.3 is 0 Å². The highest BCUT2D eigenvalue weighted by Crippen LogP contribution is 2.40. The standard InChI is InChI=1S/C18H25NO/c1-2-14(12-19-15-6-7-15)18(3-1)13-4-8-16(9-5-13)20-17-10-11-17/h4-5,8-9,14-15,17-19H,1-3,6-7,10-12H2. The highest BCUT2D eigenvalue weighted by Gasteiger charge is 2.30. The molecular formula is C18H25NO. The molecule has 1 N–H and O–H groups in total. The van der Waals surface area contributed by atoms with Gasteiger partial charge in [-0.1, -0.05) is 18.6 Å². The molecule has 108 valence electrons. The van der Waals surface area contributed by atoms with E-state index in [2.05, 4.69) is 29.6 Å². The molecule has 3 aliphatic rings. The maximum Gasteiger partial charge on any atom is 0.119 e. The zero-order valence-corrected chi connectivity index (χ0v) is 12.2. The number of ether oxygens (including phenoxy) is 1. The van der Waals surface area contributed by atoms with Crippen LogP contribution < -0.4 is 10.1 Å². The summed E-state index contributed by atoms with van der Waals surface area (Å²) >= 11 is 0. The Bertz CT molecular complexity index is 447. The van der Waals surface area contributed by atoms with Gasteiger partial charge in [-0.05, 0) is 74.6 Å². The average Bonchev–Trinajstić information content (AvgIpc) is 3.39. The van der Waals surface area contributed by atoms with E-state index in [0.717, 1.165) is 23.6 Å². The van der Waals surface area contributed by atoms with Crippen LogP contribution in [0.3, 0.4) is 0 Å². The fourth-order valence-corrected chi connectivity index (χ4v) is 3.50. The number of hydrogen-bond donors (Lipinski definition) is 1. The van der Waals surface area contributed by atoms with E-state index in [1.165, 1.54) is 57.1 Å². The monoisotopic (exact) mass is 271 g/mol. The van der Waals surface area contributed by atoms with Gasteiger partial charge in [-0.2, -0.15) is 0 Å². The minimum Gasteiger partial charge on any atom is -0.490 e. The van der Waals surface area contributed by atoms with Crippen LogP contribution in [0.1, 0.15) is 56.4 Å². The summed E-state index contributed by atoms with van der Waals surface area (Å²) < 4.78 is 5.84. The lowest BCUT2D eigenvalue weighted by Gasteiger charge is -2.21. The van der Waals surface area contributed by atoms with Crippen molar-refractivity contribution in [3.63, 3.8) is 0 Å². The molecule has 2 atom stereocenters. The Balaban J connectivity index is 1.38. The Morgan fingerprint density at radius 1 is 0.950 bits per heavy atom. The van der Waals surface area contributed by atoms with Crippen LogP contribution in [0, 0.1) is 5.92 Å². The van der Waals surface area contributed by atoms with Crippen molar-refractivity contribution in [1.82, 2.24) is 5.32 Å². The molecule has 20 heavy (non-hydrogen) atoms. The van der Waals surface area contributed by atoms with Crippen molar-refractivity contribution in [2.24, 2.45) is 5.92 Å². The van der Waals surface area contributed by atoms with E-state index < -0.39 is 0 Å². The molecule has 0 amide bonds. The molecule has 0 aromatic heterocycles. The quantitative estimate of drug-likeness (QED) is 0.848. The molecule has 0 aliphatic heterocycles. The maximum absolute atomic E-state index is 5.84. The van der Waals surface area contributed by atoms with Crippen LogP contribution in [0.5, 0.6) is 5.75 Å². The first kappa shape index (κ1) is 12.7. The molecule has 3 fully saturated rings. The predicted molar refractivity (Wildman–Crippen MR) is 81.2 cm³/mol. The zero-order valence-electron chi connectivity index (χ0n) is 12.2. The normalized spacial score (nSPS) is 29.6. The maximum atomic E-state index is 5.84. The summed E-state index contributed by atoms with van der Waals surface area (Å²) in [5.41, 5.74) is 1.52. The molecule has 0 spiro atoms. The van der Waals surface area contributed by atoms with Crippen molar-refractivity contribution < 1.29 is 4.74 Å². The van der Waals surface area contributed by atoms with Gasteiger partial charge in [0.25, 0.3) is 0 Å². The summed E-state index contributed by atoms with van der Waals surface area (Å²) in [5, 5.41) is 3.72. The highest BCUT2D eigenvalue weighted by atomic mass is 16.5. The molecule has 2 unspecified atom stereocenters. The molecule has 0 saturated heterocycles. The summed E-state index contributed by atoms with van der Waals surface area (Å²) in [7, 11) is 0. The van der Waals surface area contributed by atoms with Crippen LogP contribution in [-0.4, -0.2) is 18.7 Å². The Morgan fingerprint density at radius 2 is 1.75 bits per heavy atom. The smallest absolute Gasteiger partial charge is 0.119 e. The van der Waals surface area contributed by atoms with Gasteiger partial charge in [-0.25, -0.2) is 0 Å². The Kier molecular flexibility index (Phi) is 3.43. The van der Waals surface area contributed by atoms with Crippen molar-refractivity contribution in [3.05, 3.63) is 29.8 Å². The summed E-state index contributed by atoms with van der Waals surface area (Å²) in [5.74, 6) is 2.66. The molecule has 2 nitrogen and oxygen atoms in total. The fourth-order valence-electron chi connectivity index (χ4n) is 3.50. The van der Waals surface area contributed by atoms with E-state index >= 15 is 0 Å². The third-order valence-electron chi connectivity index (χ3n) is 5.04. The van der Waals surface area contributed by atoms with Crippen molar-refractivity contribution in [2.75, 3.05) is 6.54 Å². The summed E-state index contributed by atoms with van der Waals surface area (Å²) in [6.45, 7) is 1.22. The van der Waals surface area contributed by atoms with Gasteiger partial charge in [0.1, 0.15) is 5.75 Å². The third-order valence-corrected chi connectivity index (χ3v) is 5.04. The Labute approximate surface area is 121 Å². The molecule has 1 aromatic carbocycles. The second-order valence-electron chi connectivity index (χ2n) is 6.87. The number of rotatable bonds is 6. The van der Waals surface area contributed by atoms with Gasteiger partial charge in [0, 0.05) is 6.04 Å². The summed E-state index contributed by atoms with van der Waals surface area (Å²) in [6.07, 6.45) is 9.91. The van der Waals surface area contributed by atoms with E-state index in [0.29, 0.717) is 6.10 Å². The van der Waals surface area contributed by atoms with E-state index in [-0.39, 0.29) is 0 Å². The van der Waals surface area contributed by atoms with Crippen molar-refractivity contribution in [1.29, 1.82) is 0 Å².